The molecule has 5 nitrogen and oxygen atoms in total. The molecule has 2 heterocycles. The van der Waals surface area contributed by atoms with E-state index in [0.29, 0.717) is 0 Å². The van der Waals surface area contributed by atoms with Crippen molar-refractivity contribution in [3.8, 4) is 11.3 Å². The van der Waals surface area contributed by atoms with Gasteiger partial charge < -0.3 is 21.4 Å². The summed E-state index contributed by atoms with van der Waals surface area (Å²) < 4.78 is 0. The number of anilines is 2. The molecule has 1 aliphatic heterocycles. The summed E-state index contributed by atoms with van der Waals surface area (Å²) in [5.41, 5.74) is 10.5. The largest absolute Gasteiger partial charge is 0.388 e. The number of aromatic nitrogens is 2. The number of hydrogen-bond donors (Lipinski definition) is 4. The van der Waals surface area contributed by atoms with Crippen LogP contribution in [0.1, 0.15) is 44.0 Å². The molecule has 2 bridgehead atoms. The number of nitrogens with zero attached hydrogens (tertiary/aromatic N) is 1. The molecule has 0 amide bonds. The van der Waals surface area contributed by atoms with Crippen LogP contribution < -0.4 is 16.4 Å². The molecular weight excluding hydrogens is 274 g/mol. The summed E-state index contributed by atoms with van der Waals surface area (Å²) in [7, 11) is 1.94. The highest BCUT2D eigenvalue weighted by Gasteiger charge is 2.14. The smallest absolute Gasteiger partial charge is 0.123 e. The highest BCUT2D eigenvalue weighted by atomic mass is 15.0. The van der Waals surface area contributed by atoms with E-state index in [1.54, 1.807) is 0 Å². The number of benzene rings is 1. The third-order valence-corrected chi connectivity index (χ3v) is 4.29. The highest BCUT2D eigenvalue weighted by molar-refractivity contribution is 5.78. The molecule has 1 atom stereocenters. The summed E-state index contributed by atoms with van der Waals surface area (Å²) in [6.45, 7) is 0.990. The SMILES string of the molecule is CNc1ccc2c(c1)NCCCCCCC(N)c1nc-2c[nH]1. The van der Waals surface area contributed by atoms with Gasteiger partial charge in [-0.1, -0.05) is 19.3 Å². The molecule has 1 aliphatic rings. The minimum atomic E-state index is 0.00231. The van der Waals surface area contributed by atoms with E-state index in [1.807, 2.05) is 13.2 Å². The maximum absolute atomic E-state index is 6.25. The molecule has 1 aromatic heterocycles. The van der Waals surface area contributed by atoms with Crippen LogP contribution in [0, 0.1) is 0 Å². The first-order valence-electron chi connectivity index (χ1n) is 8.15. The Bertz CT molecular complexity index is 619. The number of fused-ring (bicyclic) bond motifs is 4. The zero-order valence-corrected chi connectivity index (χ0v) is 13.2. The van der Waals surface area contributed by atoms with Crippen LogP contribution in [0.15, 0.2) is 24.4 Å². The van der Waals surface area contributed by atoms with Gasteiger partial charge in [-0.25, -0.2) is 4.98 Å². The lowest BCUT2D eigenvalue weighted by Gasteiger charge is -2.12. The molecule has 0 saturated heterocycles. The average molecular weight is 299 g/mol. The van der Waals surface area contributed by atoms with Crippen molar-refractivity contribution in [3.05, 3.63) is 30.2 Å². The molecule has 1 aromatic carbocycles. The fraction of sp³-hybridized carbons (Fsp3) is 0.471. The summed E-state index contributed by atoms with van der Waals surface area (Å²) in [6.07, 6.45) is 7.76. The van der Waals surface area contributed by atoms with E-state index in [4.69, 9.17) is 10.7 Å². The first kappa shape index (κ1) is 14.9. The molecule has 5 heteroatoms. The number of nitrogens with two attached hydrogens (primary N) is 1. The van der Waals surface area contributed by atoms with Gasteiger partial charge in [-0.05, 0) is 31.0 Å². The third-order valence-electron chi connectivity index (χ3n) is 4.29. The average Bonchev–Trinajstić information content (AvgIpc) is 3.03. The Morgan fingerprint density at radius 2 is 2.09 bits per heavy atom. The van der Waals surface area contributed by atoms with Gasteiger partial charge >= 0.3 is 0 Å². The second-order valence-corrected chi connectivity index (χ2v) is 5.92. The van der Waals surface area contributed by atoms with Crippen molar-refractivity contribution in [3.63, 3.8) is 0 Å². The molecule has 118 valence electrons. The van der Waals surface area contributed by atoms with E-state index < -0.39 is 0 Å². The quantitative estimate of drug-likeness (QED) is 0.650. The van der Waals surface area contributed by atoms with Crippen LogP contribution in [0.4, 0.5) is 11.4 Å². The fourth-order valence-corrected chi connectivity index (χ4v) is 2.94. The lowest BCUT2D eigenvalue weighted by molar-refractivity contribution is 0.548. The molecule has 0 fully saturated rings. The molecule has 5 N–H and O–H groups in total. The Hall–Kier alpha value is -2.01. The van der Waals surface area contributed by atoms with Gasteiger partial charge in [-0.15, -0.1) is 0 Å². The van der Waals surface area contributed by atoms with Gasteiger partial charge in [0.05, 0.1) is 11.7 Å². The van der Waals surface area contributed by atoms with Crippen LogP contribution in [0.3, 0.4) is 0 Å². The Balaban J connectivity index is 1.97. The van der Waals surface area contributed by atoms with Crippen molar-refractivity contribution in [2.75, 3.05) is 24.2 Å². The van der Waals surface area contributed by atoms with E-state index in [-0.39, 0.29) is 6.04 Å². The van der Waals surface area contributed by atoms with Crippen LogP contribution in [0.5, 0.6) is 0 Å². The molecule has 3 rings (SSSR count). The van der Waals surface area contributed by atoms with Crippen molar-refractivity contribution < 1.29 is 0 Å². The third kappa shape index (κ3) is 3.25. The van der Waals surface area contributed by atoms with E-state index in [1.165, 1.54) is 19.3 Å². The molecule has 22 heavy (non-hydrogen) atoms. The Labute approximate surface area is 131 Å². The summed E-state index contributed by atoms with van der Waals surface area (Å²) >= 11 is 0. The van der Waals surface area contributed by atoms with Crippen molar-refractivity contribution in [2.24, 2.45) is 5.73 Å². The highest BCUT2D eigenvalue weighted by Crippen LogP contribution is 2.31. The maximum atomic E-state index is 6.25. The molecular formula is C17H25N5. The van der Waals surface area contributed by atoms with Gasteiger partial charge in [0.2, 0.25) is 0 Å². The standard InChI is InChI=1S/C17H25N5/c1-19-12-7-8-13-15(10-12)20-9-5-3-2-4-6-14(18)17-21-11-16(13)22-17/h7-8,10-11,14,19-20H,2-6,9,18H2,1H3,(H,21,22). The Morgan fingerprint density at radius 3 is 2.95 bits per heavy atom. The first-order valence-corrected chi connectivity index (χ1v) is 8.15. The maximum Gasteiger partial charge on any atom is 0.123 e. The van der Waals surface area contributed by atoms with Crippen LogP contribution in [-0.4, -0.2) is 23.6 Å². The number of H-pyrrole nitrogens is 1. The number of nitrogens with one attached hydrogen (secondary N) is 3. The molecule has 0 radical (unpaired) electrons. The van der Waals surface area contributed by atoms with Crippen molar-refractivity contribution in [1.82, 2.24) is 9.97 Å². The van der Waals surface area contributed by atoms with E-state index in [0.717, 1.165) is 47.8 Å². The number of aromatic amines is 1. The Kier molecular flexibility index (Phi) is 4.63. The normalized spacial score (nSPS) is 19.1. The van der Waals surface area contributed by atoms with Crippen LogP contribution >= 0.6 is 0 Å². The van der Waals surface area contributed by atoms with Gasteiger partial charge in [-0.2, -0.15) is 0 Å². The Morgan fingerprint density at radius 1 is 1.23 bits per heavy atom. The first-order chi connectivity index (χ1) is 10.8. The number of rotatable bonds is 1. The molecule has 1 unspecified atom stereocenters. The van der Waals surface area contributed by atoms with Crippen LogP contribution in [0.2, 0.25) is 0 Å². The predicted molar refractivity (Wildman–Crippen MR) is 92.1 cm³/mol. The number of imidazole rings is 1. The monoisotopic (exact) mass is 299 g/mol. The fourth-order valence-electron chi connectivity index (χ4n) is 2.94. The van der Waals surface area contributed by atoms with Crippen LogP contribution in [-0.2, 0) is 0 Å². The lowest BCUT2D eigenvalue weighted by Crippen LogP contribution is -2.11. The van der Waals surface area contributed by atoms with Crippen molar-refractivity contribution in [1.29, 1.82) is 0 Å². The zero-order chi connectivity index (χ0) is 15.4. The molecule has 2 aromatic rings. The second-order valence-electron chi connectivity index (χ2n) is 5.92. The van der Waals surface area contributed by atoms with E-state index >= 15 is 0 Å². The summed E-state index contributed by atoms with van der Waals surface area (Å²) in [6, 6.07) is 6.33. The number of hydrogen-bond acceptors (Lipinski definition) is 4. The minimum Gasteiger partial charge on any atom is -0.388 e. The van der Waals surface area contributed by atoms with Gasteiger partial charge in [0, 0.05) is 36.7 Å². The molecule has 0 saturated carbocycles. The van der Waals surface area contributed by atoms with Gasteiger partial charge in [-0.3, -0.25) is 0 Å². The second kappa shape index (κ2) is 6.83. The van der Waals surface area contributed by atoms with Crippen LogP contribution in [0.25, 0.3) is 11.3 Å². The van der Waals surface area contributed by atoms with E-state index in [9.17, 15) is 0 Å². The summed E-state index contributed by atoms with van der Waals surface area (Å²) in [5.74, 6) is 0.887. The van der Waals surface area contributed by atoms with Crippen molar-refractivity contribution in [2.45, 2.75) is 38.1 Å². The zero-order valence-electron chi connectivity index (χ0n) is 13.2. The molecule has 0 aliphatic carbocycles. The van der Waals surface area contributed by atoms with Gasteiger partial charge in [0.25, 0.3) is 0 Å². The summed E-state index contributed by atoms with van der Waals surface area (Å²) in [5, 5.41) is 6.75. The van der Waals surface area contributed by atoms with E-state index in [2.05, 4.69) is 33.8 Å². The predicted octanol–water partition coefficient (Wildman–Crippen LogP) is 3.49. The lowest BCUT2D eigenvalue weighted by atomic mass is 10.1. The summed E-state index contributed by atoms with van der Waals surface area (Å²) in [4.78, 5) is 7.96. The van der Waals surface area contributed by atoms with Crippen molar-refractivity contribution >= 4 is 11.4 Å². The van der Waals surface area contributed by atoms with Gasteiger partial charge in [0.1, 0.15) is 5.82 Å². The van der Waals surface area contributed by atoms with Gasteiger partial charge in [0.15, 0.2) is 0 Å². The molecule has 0 spiro atoms. The minimum absolute atomic E-state index is 0.00231. The topological polar surface area (TPSA) is 78.8 Å².